The minimum atomic E-state index is 0.893. The maximum Gasteiger partial charge on any atom is 0.136 e. The van der Waals surface area contributed by atoms with Gasteiger partial charge in [-0.25, -0.2) is 0 Å². The Morgan fingerprint density at radius 3 is 1.67 bits per heavy atom. The molecular weight excluding hydrogens is 759 g/mol. The zero-order valence-corrected chi connectivity index (χ0v) is 33.9. The normalized spacial score (nSPS) is 11.6. The molecular formula is C58H37NOS. The van der Waals surface area contributed by atoms with Gasteiger partial charge in [0.25, 0.3) is 0 Å². The van der Waals surface area contributed by atoms with E-state index in [1.165, 1.54) is 64.3 Å². The van der Waals surface area contributed by atoms with Crippen LogP contribution in [0, 0.1) is 0 Å². The third-order valence-electron chi connectivity index (χ3n) is 12.1. The highest BCUT2D eigenvalue weighted by molar-refractivity contribution is 7.26. The molecule has 286 valence electrons. The van der Waals surface area contributed by atoms with Crippen molar-refractivity contribution < 1.29 is 4.42 Å². The third-order valence-corrected chi connectivity index (χ3v) is 13.3. The summed E-state index contributed by atoms with van der Waals surface area (Å²) in [6.07, 6.45) is 0. The highest BCUT2D eigenvalue weighted by atomic mass is 32.1. The van der Waals surface area contributed by atoms with Crippen molar-refractivity contribution in [2.24, 2.45) is 0 Å². The smallest absolute Gasteiger partial charge is 0.136 e. The van der Waals surface area contributed by atoms with Crippen molar-refractivity contribution in [2.75, 3.05) is 4.90 Å². The van der Waals surface area contributed by atoms with Crippen LogP contribution in [0.4, 0.5) is 17.1 Å². The van der Waals surface area contributed by atoms with E-state index in [0.717, 1.165) is 50.1 Å². The molecule has 0 fully saturated rings. The second-order valence-electron chi connectivity index (χ2n) is 15.7. The van der Waals surface area contributed by atoms with E-state index in [2.05, 4.69) is 217 Å². The molecule has 0 saturated heterocycles. The Balaban J connectivity index is 0.961. The van der Waals surface area contributed by atoms with Gasteiger partial charge in [0.05, 0.1) is 0 Å². The number of nitrogens with zero attached hydrogens (tertiary/aromatic N) is 1. The van der Waals surface area contributed by atoms with E-state index in [4.69, 9.17) is 4.42 Å². The van der Waals surface area contributed by atoms with Gasteiger partial charge in [-0.2, -0.15) is 0 Å². The Morgan fingerprint density at radius 1 is 0.328 bits per heavy atom. The second-order valence-corrected chi connectivity index (χ2v) is 16.7. The van der Waals surface area contributed by atoms with E-state index in [1.54, 1.807) is 0 Å². The van der Waals surface area contributed by atoms with Gasteiger partial charge in [-0.05, 0) is 116 Å². The summed E-state index contributed by atoms with van der Waals surface area (Å²) in [6, 6.07) is 81.2. The Labute approximate surface area is 357 Å². The van der Waals surface area contributed by atoms with E-state index < -0.39 is 0 Å². The molecule has 2 nitrogen and oxygen atoms in total. The van der Waals surface area contributed by atoms with Crippen molar-refractivity contribution >= 4 is 81.3 Å². The molecule has 0 bridgehead atoms. The number of hydrogen-bond donors (Lipinski definition) is 0. The lowest BCUT2D eigenvalue weighted by Gasteiger charge is -2.27. The lowest BCUT2D eigenvalue weighted by molar-refractivity contribution is 0.669. The molecule has 0 N–H and O–H groups in total. The molecule has 0 aliphatic carbocycles. The number of rotatable bonds is 7. The molecule has 0 aliphatic heterocycles. The SMILES string of the molecule is c1cc(-c2cccc3c2sc2ccccc23)cc(N(c2ccc(-c3ccc(-c4ccc5ccccc5c4)cc3)cc2)c2cccc(-c3cccc4oc5ccccc5c34)c2)c1. The number of anilines is 3. The molecule has 12 aromatic rings. The van der Waals surface area contributed by atoms with Gasteiger partial charge in [0.2, 0.25) is 0 Å². The molecule has 12 rings (SSSR count). The van der Waals surface area contributed by atoms with Crippen LogP contribution in [0.15, 0.2) is 229 Å². The van der Waals surface area contributed by atoms with Crippen LogP contribution in [0.3, 0.4) is 0 Å². The molecule has 61 heavy (non-hydrogen) atoms. The number of para-hydroxylation sites is 1. The van der Waals surface area contributed by atoms with E-state index in [1.807, 2.05) is 23.5 Å². The number of benzene rings is 10. The monoisotopic (exact) mass is 795 g/mol. The Kier molecular flexibility index (Phi) is 8.39. The summed E-state index contributed by atoms with van der Waals surface area (Å²) in [5, 5.41) is 7.38. The molecule has 3 heteroatoms. The van der Waals surface area contributed by atoms with Gasteiger partial charge in [-0.1, -0.05) is 164 Å². The van der Waals surface area contributed by atoms with E-state index in [9.17, 15) is 0 Å². The Morgan fingerprint density at radius 2 is 0.885 bits per heavy atom. The van der Waals surface area contributed by atoms with Crippen LogP contribution in [-0.4, -0.2) is 0 Å². The number of furan rings is 1. The van der Waals surface area contributed by atoms with Gasteiger partial charge in [0, 0.05) is 48.0 Å². The Bertz CT molecular complexity index is 3590. The molecule has 0 radical (unpaired) electrons. The second kappa shape index (κ2) is 14.5. The van der Waals surface area contributed by atoms with Crippen molar-refractivity contribution in [3.8, 4) is 44.5 Å². The fraction of sp³-hybridized carbons (Fsp3) is 0. The van der Waals surface area contributed by atoms with Crippen molar-refractivity contribution in [3.63, 3.8) is 0 Å². The minimum absolute atomic E-state index is 0.893. The molecule has 0 amide bonds. The summed E-state index contributed by atoms with van der Waals surface area (Å²) in [6.45, 7) is 0. The lowest BCUT2D eigenvalue weighted by Crippen LogP contribution is -2.10. The minimum Gasteiger partial charge on any atom is -0.456 e. The first-order valence-corrected chi connectivity index (χ1v) is 21.5. The molecule has 0 atom stereocenters. The molecule has 2 heterocycles. The van der Waals surface area contributed by atoms with E-state index in [-0.39, 0.29) is 0 Å². The molecule has 10 aromatic carbocycles. The van der Waals surface area contributed by atoms with Gasteiger partial charge < -0.3 is 9.32 Å². The fourth-order valence-corrected chi connectivity index (χ4v) is 10.3. The molecule has 0 spiro atoms. The van der Waals surface area contributed by atoms with Crippen LogP contribution < -0.4 is 4.90 Å². The lowest BCUT2D eigenvalue weighted by atomic mass is 9.97. The standard InChI is InChI=1S/C58H37NOS/c1-2-12-42-35-43(30-29-38(42)11-1)41-27-25-39(26-28-41)40-31-33-46(34-32-40)59(47-15-7-13-44(36-47)49-19-10-23-55-57(49)53-18-3-5-22-54(53)60-55)48-16-8-14-45(37-48)50-20-9-21-52-51-17-4-6-24-56(51)61-58(50)52/h1-37H. The van der Waals surface area contributed by atoms with Crippen molar-refractivity contribution in [2.45, 2.75) is 0 Å². The summed E-state index contributed by atoms with van der Waals surface area (Å²) >= 11 is 1.87. The van der Waals surface area contributed by atoms with Crippen molar-refractivity contribution in [1.29, 1.82) is 0 Å². The number of thiophene rings is 1. The van der Waals surface area contributed by atoms with E-state index >= 15 is 0 Å². The molecule has 0 unspecified atom stereocenters. The predicted molar refractivity (Wildman–Crippen MR) is 261 cm³/mol. The van der Waals surface area contributed by atoms with Gasteiger partial charge >= 0.3 is 0 Å². The summed E-state index contributed by atoms with van der Waals surface area (Å²) in [4.78, 5) is 2.39. The van der Waals surface area contributed by atoms with Crippen LogP contribution in [0.25, 0.3) is 97.4 Å². The summed E-state index contributed by atoms with van der Waals surface area (Å²) in [5.74, 6) is 0. The van der Waals surface area contributed by atoms with Crippen LogP contribution in [0.5, 0.6) is 0 Å². The van der Waals surface area contributed by atoms with Gasteiger partial charge in [0.1, 0.15) is 11.2 Å². The highest BCUT2D eigenvalue weighted by Crippen LogP contribution is 2.44. The maximum absolute atomic E-state index is 6.32. The summed E-state index contributed by atoms with van der Waals surface area (Å²) in [7, 11) is 0. The number of hydrogen-bond acceptors (Lipinski definition) is 3. The molecule has 0 saturated carbocycles. The predicted octanol–water partition coefficient (Wildman–Crippen LogP) is 17.2. The quantitative estimate of drug-likeness (QED) is 0.160. The molecule has 2 aromatic heterocycles. The van der Waals surface area contributed by atoms with Crippen LogP contribution in [-0.2, 0) is 0 Å². The Hall–Kier alpha value is -7.72. The first kappa shape index (κ1) is 35.2. The average Bonchev–Trinajstić information content (AvgIpc) is 3.91. The van der Waals surface area contributed by atoms with Gasteiger partial charge in [-0.3, -0.25) is 0 Å². The first-order valence-electron chi connectivity index (χ1n) is 20.7. The maximum atomic E-state index is 6.32. The first-order chi connectivity index (χ1) is 30.2. The van der Waals surface area contributed by atoms with Gasteiger partial charge in [0.15, 0.2) is 0 Å². The zero-order valence-electron chi connectivity index (χ0n) is 33.1. The average molecular weight is 796 g/mol. The number of fused-ring (bicyclic) bond motifs is 7. The van der Waals surface area contributed by atoms with Crippen LogP contribution in [0.1, 0.15) is 0 Å². The van der Waals surface area contributed by atoms with Crippen molar-refractivity contribution in [1.82, 2.24) is 0 Å². The van der Waals surface area contributed by atoms with E-state index in [0.29, 0.717) is 0 Å². The van der Waals surface area contributed by atoms with Crippen molar-refractivity contribution in [3.05, 3.63) is 224 Å². The summed E-state index contributed by atoms with van der Waals surface area (Å²) < 4.78 is 8.94. The zero-order chi connectivity index (χ0) is 40.3. The fourth-order valence-electron chi connectivity index (χ4n) is 9.09. The largest absolute Gasteiger partial charge is 0.456 e. The highest BCUT2D eigenvalue weighted by Gasteiger charge is 2.18. The van der Waals surface area contributed by atoms with Crippen LogP contribution >= 0.6 is 11.3 Å². The molecule has 0 aliphatic rings. The third kappa shape index (κ3) is 6.18. The van der Waals surface area contributed by atoms with Gasteiger partial charge in [-0.15, -0.1) is 11.3 Å². The topological polar surface area (TPSA) is 16.4 Å². The van der Waals surface area contributed by atoms with Crippen LogP contribution in [0.2, 0.25) is 0 Å². The summed E-state index contributed by atoms with van der Waals surface area (Å²) in [5.41, 5.74) is 14.5.